The molecule has 0 saturated carbocycles. The van der Waals surface area contributed by atoms with Crippen molar-refractivity contribution in [3.05, 3.63) is 34.9 Å². The zero-order valence-corrected chi connectivity index (χ0v) is 11.1. The molecule has 2 aliphatic heterocycles. The Bertz CT molecular complexity index is 668. The second kappa shape index (κ2) is 5.01. The van der Waals surface area contributed by atoms with E-state index in [0.717, 1.165) is 0 Å². The van der Waals surface area contributed by atoms with Crippen LogP contribution in [0, 0.1) is 0 Å². The molecule has 1 atom stereocenters. The number of nitrogens with one attached hydrogen (secondary N) is 3. The largest absolute Gasteiger partial charge is 0.348 e. The van der Waals surface area contributed by atoms with Crippen LogP contribution in [0.4, 0.5) is 0 Å². The van der Waals surface area contributed by atoms with E-state index in [4.69, 9.17) is 0 Å². The second-order valence-corrected chi connectivity index (χ2v) is 4.99. The monoisotopic (exact) mass is 287 g/mol. The van der Waals surface area contributed by atoms with Crippen LogP contribution < -0.4 is 16.0 Å². The Kier molecular flexibility index (Phi) is 3.17. The highest BCUT2D eigenvalue weighted by molar-refractivity contribution is 6.06. The summed E-state index contributed by atoms with van der Waals surface area (Å²) in [7, 11) is 0. The lowest BCUT2D eigenvalue weighted by molar-refractivity contribution is -0.134. The average molecular weight is 287 g/mol. The molecule has 3 rings (SSSR count). The van der Waals surface area contributed by atoms with Crippen molar-refractivity contribution in [2.24, 2.45) is 0 Å². The van der Waals surface area contributed by atoms with E-state index >= 15 is 0 Å². The predicted octanol–water partition coefficient (Wildman–Crippen LogP) is -0.535. The predicted molar refractivity (Wildman–Crippen MR) is 71.3 cm³/mol. The Morgan fingerprint density at radius 1 is 1.24 bits per heavy atom. The lowest BCUT2D eigenvalue weighted by Gasteiger charge is -2.22. The number of hydrogen-bond donors (Lipinski definition) is 3. The van der Waals surface area contributed by atoms with Gasteiger partial charge >= 0.3 is 0 Å². The summed E-state index contributed by atoms with van der Waals surface area (Å²) in [6, 6.07) is 4.17. The maximum absolute atomic E-state index is 12.3. The van der Waals surface area contributed by atoms with Crippen LogP contribution in [0.25, 0.3) is 0 Å². The van der Waals surface area contributed by atoms with Crippen molar-refractivity contribution in [3.63, 3.8) is 0 Å². The van der Waals surface area contributed by atoms with Crippen molar-refractivity contribution in [1.29, 1.82) is 0 Å². The van der Waals surface area contributed by atoms with E-state index in [9.17, 15) is 19.2 Å². The molecule has 7 nitrogen and oxygen atoms in total. The first-order valence-electron chi connectivity index (χ1n) is 6.61. The third-order valence-corrected chi connectivity index (χ3v) is 3.64. The Hall–Kier alpha value is -2.70. The molecule has 1 aromatic rings. The number of carbonyl (C=O) groups is 4. The van der Waals surface area contributed by atoms with E-state index in [1.165, 1.54) is 0 Å². The smallest absolute Gasteiger partial charge is 0.252 e. The van der Waals surface area contributed by atoms with E-state index in [2.05, 4.69) is 16.0 Å². The van der Waals surface area contributed by atoms with Crippen molar-refractivity contribution in [3.8, 4) is 0 Å². The van der Waals surface area contributed by atoms with Gasteiger partial charge in [-0.3, -0.25) is 24.5 Å². The van der Waals surface area contributed by atoms with Crippen LogP contribution in [0.15, 0.2) is 18.2 Å². The molecule has 21 heavy (non-hydrogen) atoms. The van der Waals surface area contributed by atoms with Crippen LogP contribution >= 0.6 is 0 Å². The molecular formula is C14H13N3O4. The fourth-order valence-electron chi connectivity index (χ4n) is 2.53. The van der Waals surface area contributed by atoms with Crippen molar-refractivity contribution in [1.82, 2.24) is 16.0 Å². The molecule has 108 valence electrons. The van der Waals surface area contributed by atoms with Crippen LogP contribution in [0.3, 0.4) is 0 Å². The van der Waals surface area contributed by atoms with Crippen LogP contribution in [0.1, 0.15) is 39.1 Å². The number of amides is 4. The van der Waals surface area contributed by atoms with Gasteiger partial charge in [0.05, 0.1) is 0 Å². The van der Waals surface area contributed by atoms with Gasteiger partial charge < -0.3 is 10.6 Å². The number of fused-ring (bicyclic) bond motifs is 1. The van der Waals surface area contributed by atoms with E-state index in [1.807, 2.05) is 0 Å². The van der Waals surface area contributed by atoms with Gasteiger partial charge in [-0.2, -0.15) is 0 Å². The molecule has 0 bridgehead atoms. The maximum atomic E-state index is 12.3. The zero-order chi connectivity index (χ0) is 15.0. The van der Waals surface area contributed by atoms with Gasteiger partial charge in [-0.1, -0.05) is 6.07 Å². The molecular weight excluding hydrogens is 274 g/mol. The third kappa shape index (κ3) is 2.37. The summed E-state index contributed by atoms with van der Waals surface area (Å²) in [5.74, 6) is -1.46. The first-order chi connectivity index (χ1) is 10.1. The summed E-state index contributed by atoms with van der Waals surface area (Å²) in [6.07, 6.45) is 0.478. The highest BCUT2D eigenvalue weighted by atomic mass is 16.2. The van der Waals surface area contributed by atoms with Crippen LogP contribution in [-0.2, 0) is 16.1 Å². The number of imide groups is 1. The number of carbonyl (C=O) groups excluding carboxylic acids is 4. The van der Waals surface area contributed by atoms with Crippen molar-refractivity contribution in [2.75, 3.05) is 0 Å². The van der Waals surface area contributed by atoms with E-state index in [-0.39, 0.29) is 24.7 Å². The summed E-state index contributed by atoms with van der Waals surface area (Å²) >= 11 is 0. The van der Waals surface area contributed by atoms with Crippen molar-refractivity contribution < 1.29 is 19.2 Å². The van der Waals surface area contributed by atoms with Gasteiger partial charge in [0.2, 0.25) is 11.8 Å². The minimum Gasteiger partial charge on any atom is -0.348 e. The Balaban J connectivity index is 1.79. The molecule has 1 saturated heterocycles. The van der Waals surface area contributed by atoms with Gasteiger partial charge in [0.1, 0.15) is 6.04 Å². The first-order valence-corrected chi connectivity index (χ1v) is 6.61. The summed E-state index contributed by atoms with van der Waals surface area (Å²) in [5.41, 5.74) is 1.48. The maximum Gasteiger partial charge on any atom is 0.252 e. The summed E-state index contributed by atoms with van der Waals surface area (Å²) < 4.78 is 0. The van der Waals surface area contributed by atoms with Crippen LogP contribution in [0.2, 0.25) is 0 Å². The molecule has 0 radical (unpaired) electrons. The van der Waals surface area contributed by atoms with Gasteiger partial charge in [0.15, 0.2) is 0 Å². The fraction of sp³-hybridized carbons (Fsp3) is 0.286. The van der Waals surface area contributed by atoms with Crippen LogP contribution in [-0.4, -0.2) is 29.7 Å². The number of rotatable bonds is 2. The summed E-state index contributed by atoms with van der Waals surface area (Å²) in [5, 5.41) is 7.45. The van der Waals surface area contributed by atoms with Gasteiger partial charge in [-0.15, -0.1) is 0 Å². The molecule has 2 heterocycles. The van der Waals surface area contributed by atoms with E-state index < -0.39 is 17.9 Å². The molecule has 0 aromatic heterocycles. The highest BCUT2D eigenvalue weighted by Gasteiger charge is 2.30. The molecule has 0 aliphatic carbocycles. The zero-order valence-electron chi connectivity index (χ0n) is 11.1. The van der Waals surface area contributed by atoms with Gasteiger partial charge in [0, 0.05) is 24.1 Å². The Morgan fingerprint density at radius 2 is 2.05 bits per heavy atom. The minimum absolute atomic E-state index is 0.198. The quantitative estimate of drug-likeness (QED) is 0.636. The molecule has 1 aromatic carbocycles. The van der Waals surface area contributed by atoms with Gasteiger partial charge in [-0.25, -0.2) is 0 Å². The lowest BCUT2D eigenvalue weighted by atomic mass is 10.0. The Labute approximate surface area is 120 Å². The molecule has 0 spiro atoms. The number of benzene rings is 1. The summed E-state index contributed by atoms with van der Waals surface area (Å²) in [6.45, 7) is 0.299. The van der Waals surface area contributed by atoms with Gasteiger partial charge in [-0.05, 0) is 24.1 Å². The average Bonchev–Trinajstić information content (AvgIpc) is 2.84. The van der Waals surface area contributed by atoms with Crippen molar-refractivity contribution >= 4 is 23.6 Å². The van der Waals surface area contributed by atoms with Gasteiger partial charge in [0.25, 0.3) is 11.8 Å². The fourth-order valence-corrected chi connectivity index (χ4v) is 2.53. The molecule has 1 unspecified atom stereocenters. The molecule has 2 aliphatic rings. The Morgan fingerprint density at radius 3 is 2.81 bits per heavy atom. The minimum atomic E-state index is -0.726. The van der Waals surface area contributed by atoms with E-state index in [0.29, 0.717) is 23.2 Å². The lowest BCUT2D eigenvalue weighted by Crippen LogP contribution is -2.52. The number of hydrogen-bond acceptors (Lipinski definition) is 4. The first kappa shape index (κ1) is 13.3. The number of piperidine rings is 1. The van der Waals surface area contributed by atoms with Crippen LogP contribution in [0.5, 0.6) is 0 Å². The second-order valence-electron chi connectivity index (χ2n) is 4.99. The topological polar surface area (TPSA) is 104 Å². The SMILES string of the molecule is O=C1CCC(NC(=O)c2cccc3c2CNC3=O)C(=O)N1. The van der Waals surface area contributed by atoms with Crippen molar-refractivity contribution in [2.45, 2.75) is 25.4 Å². The standard InChI is InChI=1S/C14H13N3O4/c18-11-5-4-10(14(21)17-11)16-13(20)8-3-1-2-7-9(8)6-15-12(7)19/h1-3,10H,4-6H2,(H,15,19)(H,16,20)(H,17,18,21). The van der Waals surface area contributed by atoms with E-state index in [1.54, 1.807) is 18.2 Å². The molecule has 1 fully saturated rings. The molecule has 7 heteroatoms. The highest BCUT2D eigenvalue weighted by Crippen LogP contribution is 2.20. The molecule has 3 N–H and O–H groups in total. The normalized spacial score (nSPS) is 20.6. The summed E-state index contributed by atoms with van der Waals surface area (Å²) in [4.78, 5) is 46.6. The molecule has 4 amide bonds. The third-order valence-electron chi connectivity index (χ3n) is 3.64.